The quantitative estimate of drug-likeness (QED) is 0.242. The average molecular weight is 348 g/mol. The van der Waals surface area contributed by atoms with Crippen molar-refractivity contribution < 1.29 is 171 Å². The van der Waals surface area contributed by atoms with Crippen LogP contribution in [0.5, 0.6) is 0 Å². The van der Waals surface area contributed by atoms with Crippen LogP contribution in [0.15, 0.2) is 0 Å². The predicted octanol–water partition coefficient (Wildman–Crippen LogP) is -12.2. The molecule has 0 aliphatic heterocycles. The molecule has 0 aromatic heterocycles. The van der Waals surface area contributed by atoms with E-state index in [-0.39, 0.29) is 151 Å². The van der Waals surface area contributed by atoms with Gasteiger partial charge in [0.15, 0.2) is 0 Å². The Morgan fingerprint density at radius 2 is 0.867 bits per heavy atom. The van der Waals surface area contributed by atoms with E-state index in [4.69, 9.17) is 38.5 Å². The third-order valence-corrected chi connectivity index (χ3v) is 0. The molecular formula is H7ClK2NNaO8P2. The first kappa shape index (κ1) is 42.7. The molecule has 0 bridgehead atoms. The topological polar surface area (TPSA) is 199 Å². The van der Waals surface area contributed by atoms with Crippen molar-refractivity contribution in [3.63, 3.8) is 0 Å². The first-order chi connectivity index (χ1) is 4.00. The zero-order valence-corrected chi connectivity index (χ0v) is 19.2. The minimum Gasteiger partial charge on any atom is -0.790 e. The molecular weight excluding hydrogens is 341 g/mol. The van der Waals surface area contributed by atoms with Gasteiger partial charge >= 0.3 is 132 Å². The summed E-state index contributed by atoms with van der Waals surface area (Å²) in [7, 11) is -10.0. The summed E-state index contributed by atoms with van der Waals surface area (Å²) in [6.45, 7) is 0. The van der Waals surface area contributed by atoms with Gasteiger partial charge in [0.05, 0.1) is 7.82 Å². The van der Waals surface area contributed by atoms with Crippen molar-refractivity contribution in [3.05, 3.63) is 0 Å². The van der Waals surface area contributed by atoms with Gasteiger partial charge in [-0.2, -0.15) is 0 Å². The first-order valence-corrected chi connectivity index (χ1v) is 4.54. The number of phosphoric acid groups is 2. The molecule has 0 atom stereocenters. The van der Waals surface area contributed by atoms with Gasteiger partial charge < -0.3 is 40.1 Å². The van der Waals surface area contributed by atoms with Crippen molar-refractivity contribution in [2.75, 3.05) is 0 Å². The molecule has 0 radical (unpaired) electrons. The Morgan fingerprint density at radius 1 is 0.867 bits per heavy atom. The fourth-order valence-electron chi connectivity index (χ4n) is 0. The van der Waals surface area contributed by atoms with Crippen LogP contribution in [0.4, 0.5) is 0 Å². The molecule has 9 nitrogen and oxygen atoms in total. The van der Waals surface area contributed by atoms with Gasteiger partial charge in [0.2, 0.25) is 0 Å². The average Bonchev–Trinajstić information content (AvgIpc) is 1.12. The van der Waals surface area contributed by atoms with Crippen molar-refractivity contribution in [1.29, 1.82) is 0 Å². The minimum atomic E-state index is -5.14. The summed E-state index contributed by atoms with van der Waals surface area (Å²) in [5, 5.41) is 0. The molecule has 0 amide bonds. The zero-order chi connectivity index (χ0) is 9.00. The van der Waals surface area contributed by atoms with Gasteiger partial charge in [-0.15, -0.1) is 12.4 Å². The molecule has 0 unspecified atom stereocenters. The van der Waals surface area contributed by atoms with Crippen LogP contribution in [0.2, 0.25) is 0 Å². The van der Waals surface area contributed by atoms with Crippen LogP contribution in [-0.4, -0.2) is 14.7 Å². The Kier molecular flexibility index (Phi) is 59.9. The van der Waals surface area contributed by atoms with Crippen LogP contribution in [-0.2, 0) is 9.13 Å². The minimum absolute atomic E-state index is 0. The van der Waals surface area contributed by atoms with Crippen LogP contribution < -0.4 is 153 Å². The molecule has 0 spiro atoms. The van der Waals surface area contributed by atoms with Crippen molar-refractivity contribution in [3.8, 4) is 0 Å². The number of hydrogen-bond donors (Lipinski definition) is 4. The van der Waals surface area contributed by atoms with Crippen LogP contribution in [0.1, 0.15) is 0 Å². The van der Waals surface area contributed by atoms with Gasteiger partial charge in [0.1, 0.15) is 0 Å². The van der Waals surface area contributed by atoms with Crippen LogP contribution in [0, 0.1) is 0 Å². The first-order valence-electron chi connectivity index (χ1n) is 1.51. The molecule has 0 fully saturated rings. The van der Waals surface area contributed by atoms with Crippen molar-refractivity contribution in [1.82, 2.24) is 6.15 Å². The Labute approximate surface area is 200 Å². The molecule has 0 aliphatic carbocycles. The van der Waals surface area contributed by atoms with E-state index >= 15 is 0 Å². The van der Waals surface area contributed by atoms with E-state index < -0.39 is 15.6 Å². The predicted molar refractivity (Wildman–Crippen MR) is 34.1 cm³/mol. The molecule has 0 aromatic rings. The summed E-state index contributed by atoms with van der Waals surface area (Å²) in [6, 6.07) is 0. The Bertz CT molecular complexity index is 143. The second kappa shape index (κ2) is 21.0. The van der Waals surface area contributed by atoms with E-state index in [9.17, 15) is 0 Å². The number of halogens is 1. The maximum absolute atomic E-state index is 8.77. The summed E-state index contributed by atoms with van der Waals surface area (Å²) >= 11 is 0. The molecule has 15 heteroatoms. The molecule has 0 heterocycles. The number of hydrogen-bond acceptors (Lipinski definition) is 6. The Balaban J connectivity index is -0.0000000128. The summed E-state index contributed by atoms with van der Waals surface area (Å²) in [5.74, 6) is 0. The van der Waals surface area contributed by atoms with Gasteiger partial charge in [-0.25, -0.2) is 0 Å². The van der Waals surface area contributed by atoms with Gasteiger partial charge in [0, 0.05) is 0 Å². The molecule has 80 valence electrons. The maximum Gasteiger partial charge on any atom is 1.00 e. The number of rotatable bonds is 0. The van der Waals surface area contributed by atoms with E-state index in [0.29, 0.717) is 0 Å². The SMILES string of the molecule is Cl.N.O=P([O-])(O)O.O=P([O-])([O-])O.[K+].[K+].[Na+]. The fraction of sp³-hybridized carbons (Fsp3) is 0. The van der Waals surface area contributed by atoms with E-state index in [0.717, 1.165) is 0 Å². The molecule has 0 rings (SSSR count). The fourth-order valence-corrected chi connectivity index (χ4v) is 0. The van der Waals surface area contributed by atoms with E-state index in [1.54, 1.807) is 0 Å². The third-order valence-electron chi connectivity index (χ3n) is 0. The molecule has 0 saturated heterocycles. The van der Waals surface area contributed by atoms with Gasteiger partial charge in [-0.05, 0) is 0 Å². The van der Waals surface area contributed by atoms with Gasteiger partial charge in [-0.1, -0.05) is 0 Å². The zero-order valence-electron chi connectivity index (χ0n) is 8.39. The summed E-state index contributed by atoms with van der Waals surface area (Å²) < 4.78 is 17.4. The Morgan fingerprint density at radius 3 is 0.867 bits per heavy atom. The maximum atomic E-state index is 8.77. The van der Waals surface area contributed by atoms with Crippen LogP contribution in [0.25, 0.3) is 0 Å². The monoisotopic (exact) mass is 347 g/mol. The molecule has 0 aromatic carbocycles. The van der Waals surface area contributed by atoms with Crippen molar-refractivity contribution >= 4 is 28.1 Å². The van der Waals surface area contributed by atoms with Crippen molar-refractivity contribution in [2.24, 2.45) is 0 Å². The molecule has 15 heavy (non-hydrogen) atoms. The van der Waals surface area contributed by atoms with Gasteiger partial charge in [0.25, 0.3) is 7.82 Å². The van der Waals surface area contributed by atoms with Crippen LogP contribution in [0.3, 0.4) is 0 Å². The van der Waals surface area contributed by atoms with Crippen molar-refractivity contribution in [2.45, 2.75) is 0 Å². The van der Waals surface area contributed by atoms with Crippen LogP contribution >= 0.6 is 28.1 Å². The summed E-state index contributed by atoms with van der Waals surface area (Å²) in [4.78, 5) is 47.2. The smallest absolute Gasteiger partial charge is 0.790 e. The second-order valence-corrected chi connectivity index (χ2v) is 2.88. The Hall–Kier alpha value is 4.74. The standard InChI is InChI=1S/ClH.2K.H3N.Na.2H3O4P/c;;;;;2*1-5(2,3)4/h1H;;;1H3;;2*(H3,1,2,3,4)/q;2*+1;;+1;;/p-3. The second-order valence-electron chi connectivity index (χ2n) is 0.959. The normalized spacial score (nSPS) is 7.87. The van der Waals surface area contributed by atoms with E-state index in [1.165, 1.54) is 0 Å². The molecule has 0 aliphatic rings. The molecule has 0 saturated carbocycles. The summed E-state index contributed by atoms with van der Waals surface area (Å²) in [6.07, 6.45) is 0. The van der Waals surface area contributed by atoms with E-state index in [1.807, 2.05) is 0 Å². The third kappa shape index (κ3) is 234. The summed E-state index contributed by atoms with van der Waals surface area (Å²) in [5.41, 5.74) is 0. The van der Waals surface area contributed by atoms with Gasteiger partial charge in [-0.3, -0.25) is 4.57 Å². The molecule has 6 N–H and O–H groups in total. The largest absolute Gasteiger partial charge is 1.00 e. The van der Waals surface area contributed by atoms with E-state index in [2.05, 4.69) is 0 Å².